The van der Waals surface area contributed by atoms with Crippen LogP contribution in [0.1, 0.15) is 59.8 Å². The zero-order valence-corrected chi connectivity index (χ0v) is 23.0. The molecule has 2 rings (SSSR count). The van der Waals surface area contributed by atoms with Gasteiger partial charge in [0.1, 0.15) is 5.75 Å². The molecule has 1 aliphatic rings. The fourth-order valence-corrected chi connectivity index (χ4v) is 3.65. The molecule has 38 heavy (non-hydrogen) atoms. The number of nitrogens with zero attached hydrogens (tertiary/aromatic N) is 1. The van der Waals surface area contributed by atoms with Crippen LogP contribution in [0, 0.1) is 5.41 Å². The number of hydrogen-bond acceptors (Lipinski definition) is 7. The minimum absolute atomic E-state index is 0.0178. The molecular formula is C28H42N4O6. The maximum absolute atomic E-state index is 12.6. The van der Waals surface area contributed by atoms with Gasteiger partial charge in [0, 0.05) is 55.9 Å². The molecule has 10 nitrogen and oxygen atoms in total. The number of hydrogen-bond donors (Lipinski definition) is 3. The van der Waals surface area contributed by atoms with E-state index in [2.05, 4.69) is 10.6 Å². The second-order valence-corrected chi connectivity index (χ2v) is 10.6. The van der Waals surface area contributed by atoms with E-state index < -0.39 is 22.8 Å². The number of nitrogens with one attached hydrogen (secondary N) is 2. The lowest BCUT2D eigenvalue weighted by atomic mass is 9.88. The van der Waals surface area contributed by atoms with Crippen LogP contribution in [0.5, 0.6) is 5.75 Å². The van der Waals surface area contributed by atoms with Crippen molar-refractivity contribution in [3.05, 3.63) is 36.4 Å². The first-order valence-corrected chi connectivity index (χ1v) is 13.1. The first-order valence-electron chi connectivity index (χ1n) is 13.1. The number of carbonyl (C=O) groups is 4. The summed E-state index contributed by atoms with van der Waals surface area (Å²) in [7, 11) is 0. The second-order valence-electron chi connectivity index (χ2n) is 10.6. The summed E-state index contributed by atoms with van der Waals surface area (Å²) in [6.45, 7) is 9.69. The van der Waals surface area contributed by atoms with Crippen molar-refractivity contribution in [3.8, 4) is 5.75 Å². The third-order valence-corrected chi connectivity index (χ3v) is 6.35. The van der Waals surface area contributed by atoms with Gasteiger partial charge in [0.15, 0.2) is 0 Å². The molecule has 0 spiro atoms. The van der Waals surface area contributed by atoms with Gasteiger partial charge in [0.05, 0.1) is 12.2 Å². The minimum Gasteiger partial charge on any atom is -0.494 e. The van der Waals surface area contributed by atoms with Crippen molar-refractivity contribution >= 4 is 29.3 Å². The standard InChI is InChI=1S/C28H42N4O6/c1-27(2,26(36)31-16-5-6-19-37-22-9-7-21(29)8-10-22)15-20-38-28(3,4)14-17-30-23(33)13-18-32-24(34)11-12-25(32)35/h7-12H,5-6,13-20,29H2,1-4H3,(H,30,33)(H,31,36). The molecule has 4 amide bonds. The molecule has 0 saturated heterocycles. The molecule has 0 bridgehead atoms. The third-order valence-electron chi connectivity index (χ3n) is 6.35. The Balaban J connectivity index is 1.55. The molecule has 0 saturated carbocycles. The van der Waals surface area contributed by atoms with Gasteiger partial charge in [0.25, 0.3) is 11.8 Å². The van der Waals surface area contributed by atoms with Crippen LogP contribution >= 0.6 is 0 Å². The highest BCUT2D eigenvalue weighted by Crippen LogP contribution is 2.23. The van der Waals surface area contributed by atoms with Crippen molar-refractivity contribution in [2.75, 3.05) is 38.6 Å². The largest absolute Gasteiger partial charge is 0.494 e. The van der Waals surface area contributed by atoms with E-state index in [1.165, 1.54) is 12.2 Å². The molecule has 0 radical (unpaired) electrons. The molecular weight excluding hydrogens is 488 g/mol. The van der Waals surface area contributed by atoms with Gasteiger partial charge in [0.2, 0.25) is 11.8 Å². The second kappa shape index (κ2) is 14.5. The molecule has 10 heteroatoms. The Labute approximate surface area is 225 Å². The van der Waals surface area contributed by atoms with Crippen molar-refractivity contribution in [3.63, 3.8) is 0 Å². The maximum Gasteiger partial charge on any atom is 0.253 e. The quantitative estimate of drug-likeness (QED) is 0.160. The lowest BCUT2D eigenvalue weighted by Gasteiger charge is -2.29. The summed E-state index contributed by atoms with van der Waals surface area (Å²) in [5.74, 6) is -0.262. The zero-order chi connectivity index (χ0) is 28.2. The molecule has 1 heterocycles. The van der Waals surface area contributed by atoms with E-state index in [1.54, 1.807) is 12.1 Å². The molecule has 0 fully saturated rings. The Morgan fingerprint density at radius 3 is 2.21 bits per heavy atom. The number of amides is 4. The lowest BCUT2D eigenvalue weighted by Crippen LogP contribution is -2.39. The number of rotatable bonds is 17. The summed E-state index contributed by atoms with van der Waals surface area (Å²) in [4.78, 5) is 48.8. The zero-order valence-electron chi connectivity index (χ0n) is 23.0. The number of nitrogen functional groups attached to an aromatic ring is 1. The van der Waals surface area contributed by atoms with E-state index in [4.69, 9.17) is 15.2 Å². The van der Waals surface area contributed by atoms with E-state index in [0.29, 0.717) is 44.8 Å². The first-order chi connectivity index (χ1) is 17.9. The van der Waals surface area contributed by atoms with Crippen LogP contribution in [0.3, 0.4) is 0 Å². The number of anilines is 1. The summed E-state index contributed by atoms with van der Waals surface area (Å²) in [5.41, 5.74) is 5.29. The molecule has 1 aromatic rings. The summed E-state index contributed by atoms with van der Waals surface area (Å²) in [6, 6.07) is 7.26. The lowest BCUT2D eigenvalue weighted by molar-refractivity contribution is -0.137. The van der Waals surface area contributed by atoms with Gasteiger partial charge in [-0.15, -0.1) is 0 Å². The van der Waals surface area contributed by atoms with Gasteiger partial charge >= 0.3 is 0 Å². The summed E-state index contributed by atoms with van der Waals surface area (Å²) in [6.07, 6.45) is 5.23. The summed E-state index contributed by atoms with van der Waals surface area (Å²) in [5, 5.41) is 5.80. The van der Waals surface area contributed by atoms with Gasteiger partial charge in [-0.3, -0.25) is 24.1 Å². The Hall–Kier alpha value is -3.40. The molecule has 1 aliphatic heterocycles. The van der Waals surface area contributed by atoms with Crippen LogP contribution in [-0.2, 0) is 23.9 Å². The predicted molar refractivity (Wildman–Crippen MR) is 145 cm³/mol. The fourth-order valence-electron chi connectivity index (χ4n) is 3.65. The van der Waals surface area contributed by atoms with E-state index in [-0.39, 0.29) is 24.8 Å². The summed E-state index contributed by atoms with van der Waals surface area (Å²) < 4.78 is 11.7. The molecule has 0 atom stereocenters. The molecule has 210 valence electrons. The highest BCUT2D eigenvalue weighted by molar-refractivity contribution is 6.13. The minimum atomic E-state index is -0.579. The van der Waals surface area contributed by atoms with Gasteiger partial charge in [-0.05, 0) is 63.8 Å². The molecule has 4 N–H and O–H groups in total. The molecule has 0 unspecified atom stereocenters. The Morgan fingerprint density at radius 1 is 0.895 bits per heavy atom. The monoisotopic (exact) mass is 530 g/mol. The fraction of sp³-hybridized carbons (Fsp3) is 0.571. The Morgan fingerprint density at radius 2 is 1.55 bits per heavy atom. The van der Waals surface area contributed by atoms with E-state index in [0.717, 1.165) is 23.5 Å². The Bertz CT molecular complexity index is 970. The smallest absolute Gasteiger partial charge is 0.253 e. The number of nitrogens with two attached hydrogens (primary N) is 1. The number of imide groups is 1. The van der Waals surface area contributed by atoms with Crippen molar-refractivity contribution in [2.24, 2.45) is 5.41 Å². The predicted octanol–water partition coefficient (Wildman–Crippen LogP) is 2.58. The van der Waals surface area contributed by atoms with Crippen molar-refractivity contribution in [1.82, 2.24) is 15.5 Å². The number of benzene rings is 1. The topological polar surface area (TPSA) is 140 Å². The highest BCUT2D eigenvalue weighted by atomic mass is 16.5. The number of unbranched alkanes of at least 4 members (excludes halogenated alkanes) is 1. The van der Waals surface area contributed by atoms with Crippen LogP contribution < -0.4 is 21.1 Å². The van der Waals surface area contributed by atoms with E-state index in [1.807, 2.05) is 39.8 Å². The van der Waals surface area contributed by atoms with Crippen molar-refractivity contribution in [1.29, 1.82) is 0 Å². The third kappa shape index (κ3) is 10.9. The normalized spacial score (nSPS) is 13.6. The van der Waals surface area contributed by atoms with E-state index in [9.17, 15) is 19.2 Å². The maximum atomic E-state index is 12.6. The van der Waals surface area contributed by atoms with Gasteiger partial charge in [-0.2, -0.15) is 0 Å². The van der Waals surface area contributed by atoms with Gasteiger partial charge < -0.3 is 25.8 Å². The average Bonchev–Trinajstić information content (AvgIpc) is 3.17. The van der Waals surface area contributed by atoms with E-state index >= 15 is 0 Å². The SMILES string of the molecule is CC(C)(CCNC(=O)CCN1C(=O)C=CC1=O)OCCC(C)(C)C(=O)NCCCCOc1ccc(N)cc1. The molecule has 0 aromatic heterocycles. The number of ether oxygens (including phenoxy) is 2. The first kappa shape index (κ1) is 30.8. The highest BCUT2D eigenvalue weighted by Gasteiger charge is 2.29. The van der Waals surface area contributed by atoms with Gasteiger partial charge in [-0.1, -0.05) is 13.8 Å². The Kier molecular flexibility index (Phi) is 11.8. The summed E-state index contributed by atoms with van der Waals surface area (Å²) >= 11 is 0. The van der Waals surface area contributed by atoms with Gasteiger partial charge in [-0.25, -0.2) is 0 Å². The van der Waals surface area contributed by atoms with Crippen LogP contribution in [0.25, 0.3) is 0 Å². The molecule has 1 aromatic carbocycles. The van der Waals surface area contributed by atoms with Crippen molar-refractivity contribution < 1.29 is 28.7 Å². The van der Waals surface area contributed by atoms with Crippen LogP contribution in [0.2, 0.25) is 0 Å². The van der Waals surface area contributed by atoms with Crippen LogP contribution in [-0.4, -0.2) is 67.0 Å². The number of carbonyl (C=O) groups excluding carboxylic acids is 4. The molecule has 0 aliphatic carbocycles. The average molecular weight is 531 g/mol. The van der Waals surface area contributed by atoms with Crippen LogP contribution in [0.4, 0.5) is 5.69 Å². The van der Waals surface area contributed by atoms with Crippen LogP contribution in [0.15, 0.2) is 36.4 Å². The van der Waals surface area contributed by atoms with Crippen molar-refractivity contribution in [2.45, 2.75) is 65.4 Å².